The number of aliphatic hydroxyl groups excluding tert-OH is 1. The fourth-order valence-electron chi connectivity index (χ4n) is 4.25. The molecule has 2 aliphatic heterocycles. The Morgan fingerprint density at radius 2 is 1.92 bits per heavy atom. The number of aromatic amines is 1. The quantitative estimate of drug-likeness (QED) is 0.848. The number of hydrogen-bond acceptors (Lipinski definition) is 6. The Balaban J connectivity index is 1.62. The number of β-amino-alcohol motifs (C(OH)–C–C–N with tert-alkyl or cyclic N) is 1. The molecule has 2 saturated heterocycles. The van der Waals surface area contributed by atoms with Gasteiger partial charge in [-0.3, -0.25) is 4.79 Å². The van der Waals surface area contributed by atoms with Crippen LogP contribution in [-0.2, 0) is 0 Å². The van der Waals surface area contributed by atoms with Crippen molar-refractivity contribution in [1.29, 1.82) is 5.26 Å². The van der Waals surface area contributed by atoms with Crippen LogP contribution in [0.25, 0.3) is 11.0 Å². The average molecular weight is 351 g/mol. The number of piperidine rings is 1. The Kier molecular flexibility index (Phi) is 3.28. The zero-order valence-corrected chi connectivity index (χ0v) is 14.5. The molecule has 0 radical (unpaired) electrons. The van der Waals surface area contributed by atoms with Gasteiger partial charge < -0.3 is 19.9 Å². The van der Waals surface area contributed by atoms with Crippen LogP contribution in [0.1, 0.15) is 31.2 Å². The first-order valence-corrected chi connectivity index (χ1v) is 9.24. The molecule has 0 amide bonds. The molecule has 26 heavy (non-hydrogen) atoms. The number of nitriles is 1. The van der Waals surface area contributed by atoms with Gasteiger partial charge in [0.15, 0.2) is 0 Å². The van der Waals surface area contributed by atoms with E-state index >= 15 is 0 Å². The third-order valence-corrected chi connectivity index (χ3v) is 6.21. The molecule has 1 saturated carbocycles. The molecular weight excluding hydrogens is 330 g/mol. The van der Waals surface area contributed by atoms with Gasteiger partial charge in [0.25, 0.3) is 5.56 Å². The number of H-pyrrole nitrogens is 1. The predicted octanol–water partition coefficient (Wildman–Crippen LogP) is 1.36. The van der Waals surface area contributed by atoms with Crippen molar-refractivity contribution in [2.75, 3.05) is 36.0 Å². The van der Waals surface area contributed by atoms with E-state index in [0.717, 1.165) is 31.7 Å². The highest BCUT2D eigenvalue weighted by Crippen LogP contribution is 2.54. The van der Waals surface area contributed by atoms with Gasteiger partial charge >= 0.3 is 0 Å². The number of nitrogens with one attached hydrogen (secondary N) is 1. The second kappa shape index (κ2) is 5.45. The summed E-state index contributed by atoms with van der Waals surface area (Å²) in [4.78, 5) is 24.1. The zero-order chi connectivity index (χ0) is 17.9. The van der Waals surface area contributed by atoms with E-state index in [0.29, 0.717) is 35.2 Å². The number of nitrogens with zero attached hydrogens (tertiary/aromatic N) is 4. The Bertz CT molecular complexity index is 972. The lowest BCUT2D eigenvalue weighted by Gasteiger charge is -2.37. The molecule has 4 heterocycles. The number of hydrogen-bond donors (Lipinski definition) is 2. The molecule has 1 aliphatic carbocycles. The molecule has 0 aromatic carbocycles. The van der Waals surface area contributed by atoms with Crippen LogP contribution in [0.2, 0.25) is 0 Å². The van der Waals surface area contributed by atoms with Crippen LogP contribution in [0, 0.1) is 16.7 Å². The number of rotatable bonds is 2. The lowest BCUT2D eigenvalue weighted by molar-refractivity contribution is 0.141. The minimum Gasteiger partial charge on any atom is -0.389 e. The molecule has 5 rings (SSSR count). The Morgan fingerprint density at radius 3 is 2.54 bits per heavy atom. The van der Waals surface area contributed by atoms with Gasteiger partial charge in [-0.25, -0.2) is 4.98 Å². The number of anilines is 2. The standard InChI is InChI=1S/C19H21N5O2/c20-9-13-17(23-7-5-19(3-4-19)6-8-23)16-14(21-18(13)26)1-2-15(22-16)24-10-12(25)11-24/h1-2,12,25H,3-8,10-11H2,(H,21,26). The number of pyridine rings is 2. The first-order valence-electron chi connectivity index (χ1n) is 9.24. The molecule has 7 heteroatoms. The Hall–Kier alpha value is -2.59. The Morgan fingerprint density at radius 1 is 1.19 bits per heavy atom. The molecule has 1 spiro atoms. The summed E-state index contributed by atoms with van der Waals surface area (Å²) in [6.45, 7) is 2.85. The summed E-state index contributed by atoms with van der Waals surface area (Å²) < 4.78 is 0. The van der Waals surface area contributed by atoms with Crippen LogP contribution < -0.4 is 15.4 Å². The lowest BCUT2D eigenvalue weighted by Crippen LogP contribution is -2.51. The van der Waals surface area contributed by atoms with Crippen molar-refractivity contribution >= 4 is 22.5 Å². The van der Waals surface area contributed by atoms with Crippen LogP contribution in [0.3, 0.4) is 0 Å². The van der Waals surface area contributed by atoms with Gasteiger partial charge in [-0.2, -0.15) is 5.26 Å². The maximum absolute atomic E-state index is 12.4. The van der Waals surface area contributed by atoms with Gasteiger partial charge in [0, 0.05) is 26.2 Å². The van der Waals surface area contributed by atoms with E-state index in [1.807, 2.05) is 17.0 Å². The van der Waals surface area contributed by atoms with Crippen molar-refractivity contribution in [2.24, 2.45) is 5.41 Å². The van der Waals surface area contributed by atoms with E-state index < -0.39 is 0 Å². The molecule has 2 aromatic rings. The van der Waals surface area contributed by atoms with Gasteiger partial charge in [0.1, 0.15) is 23.0 Å². The van der Waals surface area contributed by atoms with E-state index in [9.17, 15) is 15.2 Å². The topological polar surface area (TPSA) is 96.2 Å². The van der Waals surface area contributed by atoms with Crippen LogP contribution in [-0.4, -0.2) is 47.4 Å². The summed E-state index contributed by atoms with van der Waals surface area (Å²) in [6, 6.07) is 5.80. The number of aliphatic hydroxyl groups is 1. The van der Waals surface area contributed by atoms with Crippen LogP contribution >= 0.6 is 0 Å². The third kappa shape index (κ3) is 2.36. The molecule has 7 nitrogen and oxygen atoms in total. The highest BCUT2D eigenvalue weighted by Gasteiger charge is 2.45. The van der Waals surface area contributed by atoms with Crippen molar-refractivity contribution in [2.45, 2.75) is 31.8 Å². The molecule has 2 N–H and O–H groups in total. The normalized spacial score (nSPS) is 21.7. The second-order valence-corrected chi connectivity index (χ2v) is 7.90. The molecule has 0 unspecified atom stereocenters. The zero-order valence-electron chi connectivity index (χ0n) is 14.5. The van der Waals surface area contributed by atoms with Crippen LogP contribution in [0.5, 0.6) is 0 Å². The van der Waals surface area contributed by atoms with E-state index in [1.165, 1.54) is 12.8 Å². The van der Waals surface area contributed by atoms with Crippen molar-refractivity contribution in [1.82, 2.24) is 9.97 Å². The largest absolute Gasteiger partial charge is 0.389 e. The molecule has 0 bridgehead atoms. The first kappa shape index (κ1) is 15.6. The molecule has 0 atom stereocenters. The summed E-state index contributed by atoms with van der Waals surface area (Å²) in [7, 11) is 0. The summed E-state index contributed by atoms with van der Waals surface area (Å²) >= 11 is 0. The fraction of sp³-hybridized carbons (Fsp3) is 0.526. The maximum Gasteiger partial charge on any atom is 0.268 e. The fourth-order valence-corrected chi connectivity index (χ4v) is 4.25. The molecule has 3 fully saturated rings. The maximum atomic E-state index is 12.4. The first-order chi connectivity index (χ1) is 12.6. The monoisotopic (exact) mass is 351 g/mol. The summed E-state index contributed by atoms with van der Waals surface area (Å²) in [5.74, 6) is 0.774. The number of aromatic nitrogens is 2. The van der Waals surface area contributed by atoms with E-state index in [-0.39, 0.29) is 17.2 Å². The van der Waals surface area contributed by atoms with Crippen molar-refractivity contribution < 1.29 is 5.11 Å². The highest BCUT2D eigenvalue weighted by molar-refractivity contribution is 5.92. The highest BCUT2D eigenvalue weighted by atomic mass is 16.3. The third-order valence-electron chi connectivity index (χ3n) is 6.21. The summed E-state index contributed by atoms with van der Waals surface area (Å²) in [5, 5.41) is 19.2. The van der Waals surface area contributed by atoms with Crippen molar-refractivity contribution in [3.8, 4) is 6.07 Å². The number of fused-ring (bicyclic) bond motifs is 1. The average Bonchev–Trinajstić information content (AvgIpc) is 3.37. The van der Waals surface area contributed by atoms with E-state index in [1.54, 1.807) is 0 Å². The minimum atomic E-state index is -0.351. The second-order valence-electron chi connectivity index (χ2n) is 7.90. The molecular formula is C19H21N5O2. The Labute approximate surface area is 150 Å². The van der Waals surface area contributed by atoms with Gasteiger partial charge in [0.05, 0.1) is 17.3 Å². The van der Waals surface area contributed by atoms with E-state index in [2.05, 4.69) is 16.0 Å². The smallest absolute Gasteiger partial charge is 0.268 e. The van der Waals surface area contributed by atoms with Gasteiger partial charge in [-0.05, 0) is 43.2 Å². The lowest BCUT2D eigenvalue weighted by atomic mass is 9.93. The van der Waals surface area contributed by atoms with Gasteiger partial charge in [-0.1, -0.05) is 0 Å². The summed E-state index contributed by atoms with van der Waals surface area (Å²) in [6.07, 6.45) is 4.53. The van der Waals surface area contributed by atoms with Gasteiger partial charge in [-0.15, -0.1) is 0 Å². The van der Waals surface area contributed by atoms with Crippen molar-refractivity contribution in [3.05, 3.63) is 28.0 Å². The minimum absolute atomic E-state index is 0.151. The van der Waals surface area contributed by atoms with Crippen LogP contribution in [0.15, 0.2) is 16.9 Å². The van der Waals surface area contributed by atoms with Gasteiger partial charge in [0.2, 0.25) is 0 Å². The van der Waals surface area contributed by atoms with Crippen molar-refractivity contribution in [3.63, 3.8) is 0 Å². The van der Waals surface area contributed by atoms with Crippen LogP contribution in [0.4, 0.5) is 11.5 Å². The molecule has 2 aromatic heterocycles. The molecule has 3 aliphatic rings. The predicted molar refractivity (Wildman–Crippen MR) is 98.4 cm³/mol. The SMILES string of the molecule is N#Cc1c(N2CCC3(CC2)CC3)c2nc(N3CC(O)C3)ccc2[nH]c1=O. The summed E-state index contributed by atoms with van der Waals surface area (Å²) in [5.41, 5.74) is 2.32. The van der Waals surface area contributed by atoms with E-state index in [4.69, 9.17) is 4.98 Å². The molecule has 134 valence electrons.